The minimum absolute atomic E-state index is 0. The Morgan fingerprint density at radius 1 is 0.722 bits per heavy atom. The van der Waals surface area contributed by atoms with E-state index in [1.54, 1.807) is 0 Å². The molecule has 18 heavy (non-hydrogen) atoms. The van der Waals surface area contributed by atoms with Gasteiger partial charge in [-0.15, -0.1) is 12.4 Å². The van der Waals surface area contributed by atoms with E-state index in [9.17, 15) is 0 Å². The molecule has 0 unspecified atom stereocenters. The average Bonchev–Trinajstić information content (AvgIpc) is 2.46. The van der Waals surface area contributed by atoms with Crippen molar-refractivity contribution in [3.8, 4) is 0 Å². The lowest BCUT2D eigenvalue weighted by Crippen LogP contribution is -2.54. The van der Waals surface area contributed by atoms with Crippen molar-refractivity contribution in [1.82, 2.24) is 4.90 Å². The van der Waals surface area contributed by atoms with Crippen LogP contribution in [0.15, 0.2) is 0 Å². The summed E-state index contributed by atoms with van der Waals surface area (Å²) in [5.41, 5.74) is 1.49. The molecule has 1 heterocycles. The molecule has 0 spiro atoms. The Bertz CT molecular complexity index is 254. The molecule has 2 fully saturated rings. The van der Waals surface area contributed by atoms with Crippen LogP contribution in [0.4, 0.5) is 0 Å². The highest BCUT2D eigenvalue weighted by molar-refractivity contribution is 5.85. The zero-order valence-corrected chi connectivity index (χ0v) is 13.6. The van der Waals surface area contributed by atoms with Gasteiger partial charge in [-0.25, -0.2) is 0 Å². The van der Waals surface area contributed by atoms with Crippen molar-refractivity contribution in [1.29, 1.82) is 0 Å². The van der Waals surface area contributed by atoms with E-state index in [1.807, 2.05) is 0 Å². The fourth-order valence-electron chi connectivity index (χ4n) is 5.03. The van der Waals surface area contributed by atoms with Gasteiger partial charge in [-0.3, -0.25) is 4.90 Å². The van der Waals surface area contributed by atoms with Crippen molar-refractivity contribution in [2.24, 2.45) is 10.8 Å². The third-order valence-corrected chi connectivity index (χ3v) is 4.55. The summed E-state index contributed by atoms with van der Waals surface area (Å²) in [7, 11) is 0. The second-order valence-electron chi connectivity index (χ2n) is 8.05. The van der Waals surface area contributed by atoms with Gasteiger partial charge in [-0.2, -0.15) is 0 Å². The van der Waals surface area contributed by atoms with E-state index in [0.717, 1.165) is 0 Å². The minimum Gasteiger partial charge on any atom is -0.412 e. The standard InChI is InChI=1S/C15H29N.ClH.H2O/c1-13(2)10-14(3,4)12-15(5,11-13)16-8-6-7-9-16;;/h6-12H2,1-5H3;1H;1H2. The smallest absolute Gasteiger partial charge is 0.0191 e. The lowest BCUT2D eigenvalue weighted by Gasteiger charge is -2.54. The van der Waals surface area contributed by atoms with Crippen molar-refractivity contribution >= 4 is 12.4 Å². The molecule has 2 N–H and O–H groups in total. The van der Waals surface area contributed by atoms with Crippen LogP contribution in [0.1, 0.15) is 66.7 Å². The van der Waals surface area contributed by atoms with Crippen LogP contribution in [0.25, 0.3) is 0 Å². The third kappa shape index (κ3) is 3.85. The van der Waals surface area contributed by atoms with Gasteiger partial charge in [0, 0.05) is 5.54 Å². The Morgan fingerprint density at radius 3 is 1.50 bits per heavy atom. The molecule has 0 bridgehead atoms. The molecule has 2 nitrogen and oxygen atoms in total. The highest BCUT2D eigenvalue weighted by Crippen LogP contribution is 2.52. The van der Waals surface area contributed by atoms with E-state index in [-0.39, 0.29) is 17.9 Å². The molecule has 0 aromatic heterocycles. The summed E-state index contributed by atoms with van der Waals surface area (Å²) in [6, 6.07) is 0. The fourth-order valence-corrected chi connectivity index (χ4v) is 5.03. The zero-order chi connectivity index (χ0) is 12.0. The summed E-state index contributed by atoms with van der Waals surface area (Å²) in [6.07, 6.45) is 6.96. The molecule has 1 saturated carbocycles. The van der Waals surface area contributed by atoms with Crippen LogP contribution in [0.3, 0.4) is 0 Å². The number of hydrogen-bond donors (Lipinski definition) is 0. The Balaban J connectivity index is 0.00000144. The highest BCUT2D eigenvalue weighted by atomic mass is 35.5. The van der Waals surface area contributed by atoms with Gasteiger partial charge in [0.15, 0.2) is 0 Å². The lowest BCUT2D eigenvalue weighted by molar-refractivity contribution is -0.0274. The molecule has 3 heteroatoms. The molecule has 0 atom stereocenters. The monoisotopic (exact) mass is 277 g/mol. The topological polar surface area (TPSA) is 34.7 Å². The predicted molar refractivity (Wildman–Crippen MR) is 81.5 cm³/mol. The Labute approximate surface area is 119 Å². The second-order valence-corrected chi connectivity index (χ2v) is 8.05. The molecule has 1 saturated heterocycles. The van der Waals surface area contributed by atoms with Crippen molar-refractivity contribution in [2.45, 2.75) is 72.3 Å². The van der Waals surface area contributed by atoms with Crippen molar-refractivity contribution < 1.29 is 5.48 Å². The maximum atomic E-state index is 2.77. The number of halogens is 1. The molecule has 0 amide bonds. The molecule has 1 aliphatic heterocycles. The van der Waals surface area contributed by atoms with Crippen molar-refractivity contribution in [2.75, 3.05) is 13.1 Å². The summed E-state index contributed by atoms with van der Waals surface area (Å²) < 4.78 is 0. The minimum atomic E-state index is 0. The summed E-state index contributed by atoms with van der Waals surface area (Å²) >= 11 is 0. The number of likely N-dealkylation sites (tertiary alicyclic amines) is 1. The van der Waals surface area contributed by atoms with Crippen LogP contribution in [0.5, 0.6) is 0 Å². The van der Waals surface area contributed by atoms with Crippen molar-refractivity contribution in [3.05, 3.63) is 0 Å². The third-order valence-electron chi connectivity index (χ3n) is 4.55. The van der Waals surface area contributed by atoms with Gasteiger partial charge in [0.1, 0.15) is 0 Å². The summed E-state index contributed by atoms with van der Waals surface area (Å²) in [6.45, 7) is 15.0. The molecular weight excluding hydrogens is 246 g/mol. The fraction of sp³-hybridized carbons (Fsp3) is 1.00. The molecule has 0 aromatic carbocycles. The zero-order valence-electron chi connectivity index (χ0n) is 12.8. The SMILES string of the molecule is CC1(C)CC(C)(C)CC(C)(N2CCCC2)C1.Cl.O. The van der Waals surface area contributed by atoms with E-state index in [4.69, 9.17) is 0 Å². The maximum absolute atomic E-state index is 2.77. The van der Waals surface area contributed by atoms with Crippen LogP contribution in [-0.2, 0) is 0 Å². The largest absolute Gasteiger partial charge is 0.412 e. The number of nitrogens with zero attached hydrogens (tertiary/aromatic N) is 1. The number of rotatable bonds is 1. The van der Waals surface area contributed by atoms with Crippen LogP contribution in [-0.4, -0.2) is 29.0 Å². The van der Waals surface area contributed by atoms with Gasteiger partial charge in [0.25, 0.3) is 0 Å². The first-order chi connectivity index (χ1) is 7.23. The van der Waals surface area contributed by atoms with Gasteiger partial charge in [0.05, 0.1) is 0 Å². The van der Waals surface area contributed by atoms with Gasteiger partial charge in [-0.1, -0.05) is 27.7 Å². The molecule has 110 valence electrons. The summed E-state index contributed by atoms with van der Waals surface area (Å²) in [4.78, 5) is 2.77. The Kier molecular flexibility index (Phi) is 5.75. The molecule has 2 aliphatic rings. The van der Waals surface area contributed by atoms with Crippen LogP contribution >= 0.6 is 12.4 Å². The van der Waals surface area contributed by atoms with E-state index in [1.165, 1.54) is 45.2 Å². The quantitative estimate of drug-likeness (QED) is 0.720. The van der Waals surface area contributed by atoms with Gasteiger partial charge >= 0.3 is 0 Å². The van der Waals surface area contributed by atoms with E-state index >= 15 is 0 Å². The molecule has 2 rings (SSSR count). The van der Waals surface area contributed by atoms with Gasteiger partial charge < -0.3 is 5.48 Å². The van der Waals surface area contributed by atoms with Crippen LogP contribution in [0, 0.1) is 10.8 Å². The van der Waals surface area contributed by atoms with Crippen LogP contribution < -0.4 is 0 Å². The Hall–Kier alpha value is 0.210. The molecular formula is C15H32ClNO. The normalized spacial score (nSPS) is 29.2. The van der Waals surface area contributed by atoms with Crippen molar-refractivity contribution in [3.63, 3.8) is 0 Å². The summed E-state index contributed by atoms with van der Waals surface area (Å²) in [5, 5.41) is 0. The Morgan fingerprint density at radius 2 is 1.11 bits per heavy atom. The first-order valence-corrected chi connectivity index (χ1v) is 6.98. The van der Waals surface area contributed by atoms with E-state index in [0.29, 0.717) is 16.4 Å². The lowest BCUT2D eigenvalue weighted by atomic mass is 9.58. The molecule has 0 aromatic rings. The molecule has 0 radical (unpaired) electrons. The predicted octanol–water partition coefficient (Wildman–Crippen LogP) is 3.67. The van der Waals surface area contributed by atoms with E-state index in [2.05, 4.69) is 39.5 Å². The summed E-state index contributed by atoms with van der Waals surface area (Å²) in [5.74, 6) is 0. The average molecular weight is 278 g/mol. The first-order valence-electron chi connectivity index (χ1n) is 6.98. The maximum Gasteiger partial charge on any atom is 0.0191 e. The molecule has 1 aliphatic carbocycles. The van der Waals surface area contributed by atoms with Crippen LogP contribution in [0.2, 0.25) is 0 Å². The number of hydrogen-bond acceptors (Lipinski definition) is 1. The van der Waals surface area contributed by atoms with Gasteiger partial charge in [-0.05, 0) is 62.9 Å². The first kappa shape index (κ1) is 18.2. The van der Waals surface area contributed by atoms with Gasteiger partial charge in [0.2, 0.25) is 0 Å². The van der Waals surface area contributed by atoms with E-state index < -0.39 is 0 Å². The highest BCUT2D eigenvalue weighted by Gasteiger charge is 2.47. The second kappa shape index (κ2) is 5.68.